The van der Waals surface area contributed by atoms with E-state index in [4.69, 9.17) is 10.8 Å². The lowest BCUT2D eigenvalue weighted by molar-refractivity contribution is 0.102. The van der Waals surface area contributed by atoms with Gasteiger partial charge in [0.2, 0.25) is 0 Å². The molecule has 4 heterocycles. The Kier molecular flexibility index (Phi) is 6.29. The van der Waals surface area contributed by atoms with E-state index >= 15 is 0 Å². The van der Waals surface area contributed by atoms with Crippen LogP contribution in [0.4, 0.5) is 10.2 Å². The molecule has 0 aliphatic heterocycles. The number of nitrogens with one attached hydrogen (secondary N) is 1. The van der Waals surface area contributed by atoms with E-state index in [9.17, 15) is 9.18 Å². The van der Waals surface area contributed by atoms with E-state index in [-0.39, 0.29) is 17.8 Å². The molecule has 39 heavy (non-hydrogen) atoms. The fourth-order valence-electron chi connectivity index (χ4n) is 4.69. The molecule has 0 spiro atoms. The van der Waals surface area contributed by atoms with E-state index in [2.05, 4.69) is 27.2 Å². The van der Waals surface area contributed by atoms with E-state index in [1.165, 1.54) is 12.1 Å². The molecule has 4 aromatic heterocycles. The van der Waals surface area contributed by atoms with Gasteiger partial charge < -0.3 is 15.6 Å². The predicted octanol–water partition coefficient (Wildman–Crippen LogP) is 5.11. The number of hydrogen-bond donors (Lipinski definition) is 2. The van der Waals surface area contributed by atoms with Crippen LogP contribution in [-0.2, 0) is 0 Å². The molecule has 1 amide bonds. The second-order valence-corrected chi connectivity index (χ2v) is 9.26. The first-order valence-electron chi connectivity index (χ1n) is 12.6. The van der Waals surface area contributed by atoms with Crippen LogP contribution in [0.15, 0.2) is 85.5 Å². The monoisotopic (exact) mass is 520 g/mol. The SMILES string of the molecule is CC(CCN)n1cnc(-c2ccc(F)cc2)c1-c1ccc2nc(NC(=O)c3ccnc4ccccc34)cn2n1. The Bertz CT molecular complexity index is 1800. The summed E-state index contributed by atoms with van der Waals surface area (Å²) in [6, 6.07) is 19.1. The molecule has 0 fully saturated rings. The number of anilines is 1. The predicted molar refractivity (Wildman–Crippen MR) is 148 cm³/mol. The summed E-state index contributed by atoms with van der Waals surface area (Å²) in [6.45, 7) is 2.59. The Hall–Kier alpha value is -4.96. The van der Waals surface area contributed by atoms with Crippen LogP contribution in [0.2, 0.25) is 0 Å². The number of rotatable bonds is 7. The number of amides is 1. The summed E-state index contributed by atoms with van der Waals surface area (Å²) in [7, 11) is 0. The summed E-state index contributed by atoms with van der Waals surface area (Å²) in [5, 5.41) is 8.44. The average Bonchev–Trinajstić information content (AvgIpc) is 3.57. The van der Waals surface area contributed by atoms with Gasteiger partial charge in [-0.25, -0.2) is 18.9 Å². The number of carbonyl (C=O) groups excluding carboxylic acids is 1. The summed E-state index contributed by atoms with van der Waals surface area (Å²) < 4.78 is 17.3. The number of aromatic nitrogens is 6. The minimum atomic E-state index is -0.316. The van der Waals surface area contributed by atoms with Crippen LogP contribution in [0.1, 0.15) is 29.7 Å². The minimum absolute atomic E-state index is 0.0667. The molecule has 2 aromatic carbocycles. The first kappa shape index (κ1) is 24.4. The van der Waals surface area contributed by atoms with Crippen molar-refractivity contribution in [2.45, 2.75) is 19.4 Å². The van der Waals surface area contributed by atoms with Gasteiger partial charge >= 0.3 is 0 Å². The van der Waals surface area contributed by atoms with Crippen molar-refractivity contribution in [3.8, 4) is 22.6 Å². The maximum Gasteiger partial charge on any atom is 0.257 e. The Morgan fingerprint density at radius 1 is 1.05 bits per heavy atom. The third kappa shape index (κ3) is 4.62. The van der Waals surface area contributed by atoms with E-state index in [0.29, 0.717) is 35.0 Å². The lowest BCUT2D eigenvalue weighted by Crippen LogP contribution is -2.12. The zero-order valence-electron chi connectivity index (χ0n) is 21.1. The number of pyridine rings is 1. The first-order valence-corrected chi connectivity index (χ1v) is 12.6. The van der Waals surface area contributed by atoms with E-state index in [1.54, 1.807) is 41.4 Å². The van der Waals surface area contributed by atoms with Crippen LogP contribution in [0, 0.1) is 5.82 Å². The van der Waals surface area contributed by atoms with Crippen LogP contribution >= 0.6 is 0 Å². The van der Waals surface area contributed by atoms with Crippen LogP contribution < -0.4 is 11.1 Å². The molecule has 0 saturated carbocycles. The summed E-state index contributed by atoms with van der Waals surface area (Å²) >= 11 is 0. The third-order valence-corrected chi connectivity index (χ3v) is 6.67. The topological polar surface area (TPSA) is 116 Å². The Labute approximate surface area is 223 Å². The van der Waals surface area contributed by atoms with Gasteiger partial charge in [0.1, 0.15) is 11.5 Å². The van der Waals surface area contributed by atoms with Gasteiger partial charge in [-0.05, 0) is 68.4 Å². The van der Waals surface area contributed by atoms with Gasteiger partial charge in [0, 0.05) is 23.2 Å². The van der Waals surface area contributed by atoms with Crippen molar-refractivity contribution >= 4 is 28.3 Å². The van der Waals surface area contributed by atoms with Crippen LogP contribution in [0.3, 0.4) is 0 Å². The molecule has 6 aromatic rings. The molecular weight excluding hydrogens is 495 g/mol. The number of nitrogens with two attached hydrogens (primary N) is 1. The molecular formula is C29H25FN8O. The normalized spacial score (nSPS) is 12.2. The summed E-state index contributed by atoms with van der Waals surface area (Å²) in [5.41, 5.74) is 10.5. The summed E-state index contributed by atoms with van der Waals surface area (Å²) in [4.78, 5) is 26.6. The Morgan fingerprint density at radius 3 is 2.69 bits per heavy atom. The molecule has 9 nitrogen and oxygen atoms in total. The molecule has 0 radical (unpaired) electrons. The van der Waals surface area contributed by atoms with Crippen LogP contribution in [0.5, 0.6) is 0 Å². The van der Waals surface area contributed by atoms with Gasteiger partial charge in [0.15, 0.2) is 11.5 Å². The number of para-hydroxylation sites is 1. The highest BCUT2D eigenvalue weighted by atomic mass is 19.1. The van der Waals surface area contributed by atoms with Crippen LogP contribution in [0.25, 0.3) is 39.2 Å². The molecule has 194 valence electrons. The first-order chi connectivity index (χ1) is 19.0. The lowest BCUT2D eigenvalue weighted by Gasteiger charge is -2.16. The van der Waals surface area contributed by atoms with Crippen molar-refractivity contribution in [3.63, 3.8) is 0 Å². The fraction of sp³-hybridized carbons (Fsp3) is 0.138. The highest BCUT2D eigenvalue weighted by Crippen LogP contribution is 2.33. The van der Waals surface area contributed by atoms with E-state index in [0.717, 1.165) is 28.6 Å². The molecule has 1 unspecified atom stereocenters. The van der Waals surface area contributed by atoms with Gasteiger partial charge in [0.25, 0.3) is 5.91 Å². The molecule has 10 heteroatoms. The molecule has 0 aliphatic carbocycles. The molecule has 0 bridgehead atoms. The number of nitrogens with zero attached hydrogens (tertiary/aromatic N) is 6. The second-order valence-electron chi connectivity index (χ2n) is 9.26. The second kappa shape index (κ2) is 10.1. The number of carbonyl (C=O) groups is 1. The maximum atomic E-state index is 13.6. The largest absolute Gasteiger partial charge is 0.330 e. The number of hydrogen-bond acceptors (Lipinski definition) is 6. The Balaban J connectivity index is 1.37. The number of halogens is 1. The van der Waals surface area contributed by atoms with Gasteiger partial charge in [-0.2, -0.15) is 5.10 Å². The fourth-order valence-corrected chi connectivity index (χ4v) is 4.69. The molecule has 0 saturated heterocycles. The average molecular weight is 521 g/mol. The highest BCUT2D eigenvalue weighted by Gasteiger charge is 2.21. The summed E-state index contributed by atoms with van der Waals surface area (Å²) in [6.07, 6.45) is 5.79. The lowest BCUT2D eigenvalue weighted by atomic mass is 10.1. The maximum absolute atomic E-state index is 13.6. The quantitative estimate of drug-likeness (QED) is 0.302. The smallest absolute Gasteiger partial charge is 0.257 e. The highest BCUT2D eigenvalue weighted by molar-refractivity contribution is 6.12. The third-order valence-electron chi connectivity index (χ3n) is 6.67. The van der Waals surface area contributed by atoms with Crippen molar-refractivity contribution in [3.05, 3.63) is 96.8 Å². The number of fused-ring (bicyclic) bond motifs is 2. The van der Waals surface area contributed by atoms with Crippen molar-refractivity contribution in [1.82, 2.24) is 29.1 Å². The van der Waals surface area contributed by atoms with Crippen molar-refractivity contribution in [2.24, 2.45) is 5.73 Å². The summed E-state index contributed by atoms with van der Waals surface area (Å²) in [5.74, 6) is -0.234. The minimum Gasteiger partial charge on any atom is -0.330 e. The zero-order valence-corrected chi connectivity index (χ0v) is 21.1. The van der Waals surface area contributed by atoms with Crippen molar-refractivity contribution < 1.29 is 9.18 Å². The number of imidazole rings is 2. The standard InChI is InChI=1S/C29H25FN8O/c1-18(12-14-31)37-17-33-27(19-6-8-20(30)9-7-19)28(37)24-10-11-26-34-25(16-38(26)36-24)35-29(39)22-13-15-32-23-5-3-2-4-21(22)23/h2-11,13,15-18H,12,14,31H2,1H3,(H,35,39). The molecule has 0 aliphatic rings. The van der Waals surface area contributed by atoms with Gasteiger partial charge in [0.05, 0.1) is 35.0 Å². The van der Waals surface area contributed by atoms with Gasteiger partial charge in [-0.15, -0.1) is 0 Å². The van der Waals surface area contributed by atoms with Crippen molar-refractivity contribution in [1.29, 1.82) is 0 Å². The van der Waals surface area contributed by atoms with Gasteiger partial charge in [-0.1, -0.05) is 18.2 Å². The van der Waals surface area contributed by atoms with E-state index in [1.807, 2.05) is 41.0 Å². The number of benzene rings is 2. The molecule has 6 rings (SSSR count). The molecule has 1 atom stereocenters. The van der Waals surface area contributed by atoms with Gasteiger partial charge in [-0.3, -0.25) is 9.78 Å². The zero-order chi connectivity index (χ0) is 26.9. The van der Waals surface area contributed by atoms with Crippen LogP contribution in [-0.4, -0.2) is 41.6 Å². The molecule has 3 N–H and O–H groups in total. The van der Waals surface area contributed by atoms with Crippen molar-refractivity contribution in [2.75, 3.05) is 11.9 Å². The van der Waals surface area contributed by atoms with E-state index < -0.39 is 0 Å². The Morgan fingerprint density at radius 2 is 1.87 bits per heavy atom.